The minimum Gasteiger partial charge on any atom is -0.466 e. The second kappa shape index (κ2) is 6.40. The van der Waals surface area contributed by atoms with Crippen LogP contribution in [0.15, 0.2) is 27.7 Å². The normalized spacial score (nSPS) is 17.6. The fraction of sp³-hybridized carbons (Fsp3) is 0.450. The molecule has 0 aliphatic carbocycles. The van der Waals surface area contributed by atoms with Crippen molar-refractivity contribution in [1.82, 2.24) is 18.9 Å². The maximum Gasteiger partial charge on any atom is 0.294 e. The Morgan fingerprint density at radius 2 is 2.07 bits per heavy atom. The Labute approximate surface area is 157 Å². The van der Waals surface area contributed by atoms with Gasteiger partial charge in [-0.3, -0.25) is 14.0 Å². The molecule has 7 nitrogen and oxygen atoms in total. The highest BCUT2D eigenvalue weighted by Gasteiger charge is 2.25. The Kier molecular flexibility index (Phi) is 4.17. The van der Waals surface area contributed by atoms with E-state index in [1.807, 2.05) is 31.0 Å². The van der Waals surface area contributed by atoms with Crippen molar-refractivity contribution in [3.63, 3.8) is 0 Å². The van der Waals surface area contributed by atoms with Gasteiger partial charge in [0.25, 0.3) is 11.5 Å². The second-order valence-electron chi connectivity index (χ2n) is 7.56. The number of carbonyl (C=O) groups is 1. The molecule has 0 spiro atoms. The van der Waals surface area contributed by atoms with Crippen molar-refractivity contribution in [1.29, 1.82) is 0 Å². The standard InChI is InChI=1S/C20H24N4O3/c1-12-6-5-7-23(9-12)19(25)16-10-24-11-17(15-8-13(2)27-14(15)3)22(4)20(26)18(24)21-16/h8,10-12H,5-7,9H2,1-4H3. The van der Waals surface area contributed by atoms with E-state index in [1.54, 1.807) is 22.2 Å². The Bertz CT molecular complexity index is 1090. The first-order chi connectivity index (χ1) is 12.8. The molecule has 3 aromatic rings. The fourth-order valence-corrected chi connectivity index (χ4v) is 3.90. The highest BCUT2D eigenvalue weighted by atomic mass is 16.3. The van der Waals surface area contributed by atoms with Crippen LogP contribution in [-0.4, -0.2) is 37.8 Å². The summed E-state index contributed by atoms with van der Waals surface area (Å²) >= 11 is 0. The number of amides is 1. The van der Waals surface area contributed by atoms with E-state index < -0.39 is 0 Å². The molecule has 1 atom stereocenters. The maximum atomic E-state index is 12.8. The number of aromatic nitrogens is 3. The number of likely N-dealkylation sites (tertiary alicyclic amines) is 1. The largest absolute Gasteiger partial charge is 0.466 e. The molecular formula is C20H24N4O3. The van der Waals surface area contributed by atoms with E-state index in [9.17, 15) is 9.59 Å². The quantitative estimate of drug-likeness (QED) is 0.697. The molecule has 0 aromatic carbocycles. The molecular weight excluding hydrogens is 344 g/mol. The van der Waals surface area contributed by atoms with Gasteiger partial charge in [0.2, 0.25) is 5.65 Å². The molecule has 0 bridgehead atoms. The van der Waals surface area contributed by atoms with E-state index >= 15 is 0 Å². The minimum atomic E-state index is -0.239. The highest BCUT2D eigenvalue weighted by molar-refractivity contribution is 5.93. The average molecular weight is 368 g/mol. The lowest BCUT2D eigenvalue weighted by Gasteiger charge is -2.30. The van der Waals surface area contributed by atoms with Crippen LogP contribution in [0.3, 0.4) is 0 Å². The topological polar surface area (TPSA) is 72.8 Å². The molecule has 142 valence electrons. The molecule has 27 heavy (non-hydrogen) atoms. The lowest BCUT2D eigenvalue weighted by Crippen LogP contribution is -2.39. The van der Waals surface area contributed by atoms with E-state index in [4.69, 9.17) is 4.42 Å². The van der Waals surface area contributed by atoms with E-state index in [-0.39, 0.29) is 17.1 Å². The summed E-state index contributed by atoms with van der Waals surface area (Å²) < 4.78 is 8.81. The van der Waals surface area contributed by atoms with E-state index in [0.29, 0.717) is 11.6 Å². The Morgan fingerprint density at radius 3 is 2.74 bits per heavy atom. The monoisotopic (exact) mass is 368 g/mol. The Morgan fingerprint density at radius 1 is 1.30 bits per heavy atom. The van der Waals surface area contributed by atoms with E-state index in [1.165, 1.54) is 0 Å². The zero-order chi connectivity index (χ0) is 19.3. The van der Waals surface area contributed by atoms with Crippen LogP contribution < -0.4 is 5.56 Å². The van der Waals surface area contributed by atoms with Crippen LogP contribution in [0, 0.1) is 19.8 Å². The molecule has 3 aromatic heterocycles. The van der Waals surface area contributed by atoms with Crippen LogP contribution in [-0.2, 0) is 7.05 Å². The number of rotatable bonds is 2. The zero-order valence-corrected chi connectivity index (χ0v) is 16.2. The van der Waals surface area contributed by atoms with Gasteiger partial charge in [0.1, 0.15) is 17.2 Å². The van der Waals surface area contributed by atoms with Gasteiger partial charge in [-0.2, -0.15) is 0 Å². The first-order valence-electron chi connectivity index (χ1n) is 9.30. The van der Waals surface area contributed by atoms with Crippen molar-refractivity contribution in [3.05, 3.63) is 46.0 Å². The van der Waals surface area contributed by atoms with Crippen molar-refractivity contribution in [2.45, 2.75) is 33.6 Å². The van der Waals surface area contributed by atoms with Crippen LogP contribution in [0.2, 0.25) is 0 Å². The number of piperidine rings is 1. The lowest BCUT2D eigenvalue weighted by atomic mass is 10.0. The number of hydrogen-bond acceptors (Lipinski definition) is 4. The molecule has 1 aliphatic rings. The third-order valence-electron chi connectivity index (χ3n) is 5.33. The highest BCUT2D eigenvalue weighted by Crippen LogP contribution is 2.26. The first-order valence-corrected chi connectivity index (χ1v) is 9.30. The summed E-state index contributed by atoms with van der Waals surface area (Å²) in [5, 5.41) is 0. The number of nitrogens with zero attached hydrogens (tertiary/aromatic N) is 4. The average Bonchev–Trinajstić information content (AvgIpc) is 3.20. The van der Waals surface area contributed by atoms with Crippen molar-refractivity contribution >= 4 is 11.6 Å². The molecule has 1 unspecified atom stereocenters. The second-order valence-corrected chi connectivity index (χ2v) is 7.56. The van der Waals surface area contributed by atoms with Crippen molar-refractivity contribution in [2.75, 3.05) is 13.1 Å². The molecule has 0 N–H and O–H groups in total. The van der Waals surface area contributed by atoms with Gasteiger partial charge >= 0.3 is 0 Å². The zero-order valence-electron chi connectivity index (χ0n) is 16.2. The van der Waals surface area contributed by atoms with Gasteiger partial charge in [0.05, 0.1) is 5.69 Å². The smallest absolute Gasteiger partial charge is 0.294 e. The van der Waals surface area contributed by atoms with E-state index in [2.05, 4.69) is 11.9 Å². The predicted octanol–water partition coefficient (Wildman–Crippen LogP) is 2.78. The summed E-state index contributed by atoms with van der Waals surface area (Å²) in [6.07, 6.45) is 5.63. The fourth-order valence-electron chi connectivity index (χ4n) is 3.90. The third-order valence-corrected chi connectivity index (χ3v) is 5.33. The van der Waals surface area contributed by atoms with Crippen LogP contribution in [0.4, 0.5) is 0 Å². The van der Waals surface area contributed by atoms with Gasteiger partial charge in [0.15, 0.2) is 0 Å². The van der Waals surface area contributed by atoms with Gasteiger partial charge in [0, 0.05) is 38.1 Å². The number of aryl methyl sites for hydroxylation is 2. The third kappa shape index (κ3) is 2.97. The Hall–Kier alpha value is -2.83. The van der Waals surface area contributed by atoms with Gasteiger partial charge in [-0.1, -0.05) is 6.92 Å². The summed E-state index contributed by atoms with van der Waals surface area (Å²) in [6, 6.07) is 1.91. The summed E-state index contributed by atoms with van der Waals surface area (Å²) in [7, 11) is 1.71. The van der Waals surface area contributed by atoms with Crippen molar-refractivity contribution in [2.24, 2.45) is 13.0 Å². The SMILES string of the molecule is Cc1cc(-c2cn3cc(C(=O)N4CCCC(C)C4)nc3c(=O)n2C)c(C)o1. The molecule has 1 saturated heterocycles. The number of carbonyl (C=O) groups excluding carboxylic acids is 1. The lowest BCUT2D eigenvalue weighted by molar-refractivity contribution is 0.0678. The van der Waals surface area contributed by atoms with Gasteiger partial charge in [-0.25, -0.2) is 4.98 Å². The summed E-state index contributed by atoms with van der Waals surface area (Å²) in [6.45, 7) is 7.38. The molecule has 4 rings (SSSR count). The molecule has 0 radical (unpaired) electrons. The van der Waals surface area contributed by atoms with Gasteiger partial charge in [-0.05, 0) is 38.7 Å². The molecule has 4 heterocycles. The maximum absolute atomic E-state index is 12.8. The molecule has 1 aliphatic heterocycles. The number of imidazole rings is 1. The number of hydrogen-bond donors (Lipinski definition) is 0. The molecule has 0 saturated carbocycles. The summed E-state index contributed by atoms with van der Waals surface area (Å²) in [5.41, 5.74) is 1.92. The van der Waals surface area contributed by atoms with Crippen LogP contribution >= 0.6 is 0 Å². The predicted molar refractivity (Wildman–Crippen MR) is 102 cm³/mol. The summed E-state index contributed by atoms with van der Waals surface area (Å²) in [4.78, 5) is 31.9. The summed E-state index contributed by atoms with van der Waals surface area (Å²) in [5.74, 6) is 1.92. The van der Waals surface area contributed by atoms with Crippen molar-refractivity contribution < 1.29 is 9.21 Å². The number of furan rings is 1. The van der Waals surface area contributed by atoms with Crippen LogP contribution in [0.1, 0.15) is 41.8 Å². The first kappa shape index (κ1) is 17.6. The van der Waals surface area contributed by atoms with Gasteiger partial charge in [-0.15, -0.1) is 0 Å². The minimum absolute atomic E-state index is 0.107. The van der Waals surface area contributed by atoms with Crippen molar-refractivity contribution in [3.8, 4) is 11.3 Å². The number of fused-ring (bicyclic) bond motifs is 1. The van der Waals surface area contributed by atoms with Crippen LogP contribution in [0.5, 0.6) is 0 Å². The van der Waals surface area contributed by atoms with Crippen LogP contribution in [0.25, 0.3) is 16.9 Å². The van der Waals surface area contributed by atoms with E-state index in [0.717, 1.165) is 48.7 Å². The molecule has 1 amide bonds. The molecule has 7 heteroatoms. The van der Waals surface area contributed by atoms with Gasteiger partial charge < -0.3 is 13.9 Å². The molecule has 1 fully saturated rings. The Balaban J connectivity index is 1.79.